The van der Waals surface area contributed by atoms with Crippen LogP contribution in [-0.2, 0) is 11.0 Å². The summed E-state index contributed by atoms with van der Waals surface area (Å²) in [7, 11) is 1.69. The van der Waals surface area contributed by atoms with E-state index in [4.69, 9.17) is 5.11 Å². The van der Waals surface area contributed by atoms with Crippen LogP contribution < -0.4 is 4.90 Å². The van der Waals surface area contributed by atoms with E-state index < -0.39 is 28.3 Å². The van der Waals surface area contributed by atoms with Gasteiger partial charge in [-0.1, -0.05) is 0 Å². The second kappa shape index (κ2) is 7.48. The lowest BCUT2D eigenvalue weighted by atomic mass is 10.0. The van der Waals surface area contributed by atoms with Crippen molar-refractivity contribution in [3.63, 3.8) is 0 Å². The zero-order valence-corrected chi connectivity index (χ0v) is 14.4. The molecule has 1 fully saturated rings. The van der Waals surface area contributed by atoms with E-state index in [-0.39, 0.29) is 23.8 Å². The highest BCUT2D eigenvalue weighted by Gasteiger charge is 2.36. The smallest absolute Gasteiger partial charge is 0.416 e. The molecule has 10 heteroatoms. The number of aliphatic carboxylic acids is 1. The molecule has 0 amide bonds. The number of hydrogen-bond donors (Lipinski definition) is 1. The molecular weight excluding hydrogens is 355 g/mol. The molecule has 0 bridgehead atoms. The topological polar surface area (TPSA) is 86.9 Å². The first-order chi connectivity index (χ1) is 12.0. The zero-order valence-electron chi connectivity index (χ0n) is 14.4. The molecule has 7 nitrogen and oxygen atoms in total. The van der Waals surface area contributed by atoms with Gasteiger partial charge in [-0.05, 0) is 38.4 Å². The van der Waals surface area contributed by atoms with E-state index >= 15 is 0 Å². The Kier molecular flexibility index (Phi) is 5.74. The SMILES string of the molecule is Cc1cc(N2CCC(N(C)CC(=O)O)CC2)c([N+](=O)[O-])cc1C(F)(F)F. The summed E-state index contributed by atoms with van der Waals surface area (Å²) >= 11 is 0. The predicted molar refractivity (Wildman–Crippen MR) is 88.3 cm³/mol. The number of rotatable bonds is 5. The van der Waals surface area contributed by atoms with Crippen molar-refractivity contribution in [3.05, 3.63) is 33.4 Å². The molecule has 0 saturated carbocycles. The van der Waals surface area contributed by atoms with Crippen LogP contribution in [-0.4, -0.2) is 53.6 Å². The summed E-state index contributed by atoms with van der Waals surface area (Å²) in [5, 5.41) is 20.1. The minimum absolute atomic E-state index is 0.0111. The monoisotopic (exact) mass is 375 g/mol. The number of hydrogen-bond acceptors (Lipinski definition) is 5. The molecule has 1 N–H and O–H groups in total. The van der Waals surface area contributed by atoms with Crippen LogP contribution in [0, 0.1) is 17.0 Å². The van der Waals surface area contributed by atoms with Gasteiger partial charge in [-0.2, -0.15) is 13.2 Å². The molecule has 1 heterocycles. The summed E-state index contributed by atoms with van der Waals surface area (Å²) in [4.78, 5) is 24.7. The average molecular weight is 375 g/mol. The number of likely N-dealkylation sites (N-methyl/N-ethyl adjacent to an activating group) is 1. The summed E-state index contributed by atoms with van der Waals surface area (Å²) in [6.07, 6.45) is -3.51. The molecular formula is C16H20F3N3O4. The maximum atomic E-state index is 13.0. The van der Waals surface area contributed by atoms with Gasteiger partial charge in [-0.25, -0.2) is 0 Å². The number of carboxylic acids is 1. The number of benzene rings is 1. The van der Waals surface area contributed by atoms with Crippen molar-refractivity contribution < 1.29 is 28.0 Å². The number of piperidine rings is 1. The first kappa shape index (κ1) is 20.0. The maximum absolute atomic E-state index is 13.0. The van der Waals surface area contributed by atoms with Gasteiger partial charge >= 0.3 is 12.1 Å². The lowest BCUT2D eigenvalue weighted by Crippen LogP contribution is -2.45. The molecule has 1 aliphatic rings. The normalized spacial score (nSPS) is 16.2. The van der Waals surface area contributed by atoms with Gasteiger partial charge < -0.3 is 10.0 Å². The van der Waals surface area contributed by atoms with Gasteiger partial charge in [0, 0.05) is 25.2 Å². The second-order valence-corrected chi connectivity index (χ2v) is 6.44. The Morgan fingerprint density at radius 1 is 1.38 bits per heavy atom. The van der Waals surface area contributed by atoms with Crippen molar-refractivity contribution in [3.8, 4) is 0 Å². The van der Waals surface area contributed by atoms with Crippen molar-refractivity contribution in [1.82, 2.24) is 4.90 Å². The van der Waals surface area contributed by atoms with Gasteiger partial charge in [0.05, 0.1) is 17.0 Å². The molecule has 0 radical (unpaired) electrons. The minimum Gasteiger partial charge on any atom is -0.480 e. The van der Waals surface area contributed by atoms with E-state index in [9.17, 15) is 28.1 Å². The largest absolute Gasteiger partial charge is 0.480 e. The van der Waals surface area contributed by atoms with Crippen molar-refractivity contribution in [2.24, 2.45) is 0 Å². The molecule has 0 unspecified atom stereocenters. The van der Waals surface area contributed by atoms with Crippen molar-refractivity contribution in [2.75, 3.05) is 31.6 Å². The van der Waals surface area contributed by atoms with Crippen LogP contribution >= 0.6 is 0 Å². The Hall–Kier alpha value is -2.36. The van der Waals surface area contributed by atoms with Crippen molar-refractivity contribution in [1.29, 1.82) is 0 Å². The van der Waals surface area contributed by atoms with Crippen LogP contribution in [0.25, 0.3) is 0 Å². The number of anilines is 1. The van der Waals surface area contributed by atoms with Gasteiger partial charge in [0.25, 0.3) is 5.69 Å². The summed E-state index contributed by atoms with van der Waals surface area (Å²) in [5.41, 5.74) is -1.48. The van der Waals surface area contributed by atoms with Crippen LogP contribution in [0.5, 0.6) is 0 Å². The molecule has 144 valence electrons. The molecule has 1 aliphatic heterocycles. The van der Waals surface area contributed by atoms with Gasteiger partial charge in [0.15, 0.2) is 0 Å². The van der Waals surface area contributed by atoms with Crippen LogP contribution in [0.15, 0.2) is 12.1 Å². The molecule has 0 spiro atoms. The Morgan fingerprint density at radius 3 is 2.42 bits per heavy atom. The van der Waals surface area contributed by atoms with E-state index in [1.165, 1.54) is 13.0 Å². The fourth-order valence-corrected chi connectivity index (χ4v) is 3.28. The molecule has 1 aromatic carbocycles. The molecule has 0 aromatic heterocycles. The Bertz CT molecular complexity index is 701. The molecule has 0 aliphatic carbocycles. The summed E-state index contributed by atoms with van der Waals surface area (Å²) in [6, 6.07) is 1.81. The summed E-state index contributed by atoms with van der Waals surface area (Å²) in [6.45, 7) is 1.98. The molecule has 26 heavy (non-hydrogen) atoms. The first-order valence-electron chi connectivity index (χ1n) is 8.04. The fourth-order valence-electron chi connectivity index (χ4n) is 3.28. The van der Waals surface area contributed by atoms with E-state index in [0.717, 1.165) is 0 Å². The quantitative estimate of drug-likeness (QED) is 0.629. The fraction of sp³-hybridized carbons (Fsp3) is 0.562. The third kappa shape index (κ3) is 4.43. The standard InChI is InChI=1S/C16H20F3N3O4/c1-10-7-13(14(22(25)26)8-12(10)16(17,18)19)21-5-3-11(4-6-21)20(2)9-15(23)24/h7-8,11H,3-6,9H2,1-2H3,(H,23,24). The highest BCUT2D eigenvalue weighted by Crippen LogP contribution is 2.39. The van der Waals surface area contributed by atoms with Crippen molar-refractivity contribution >= 4 is 17.3 Å². The van der Waals surface area contributed by atoms with Gasteiger partial charge in [0.1, 0.15) is 5.69 Å². The molecule has 0 atom stereocenters. The lowest BCUT2D eigenvalue weighted by molar-refractivity contribution is -0.384. The Morgan fingerprint density at radius 2 is 1.96 bits per heavy atom. The maximum Gasteiger partial charge on any atom is 0.416 e. The second-order valence-electron chi connectivity index (χ2n) is 6.44. The van der Waals surface area contributed by atoms with Gasteiger partial charge in [-0.15, -0.1) is 0 Å². The molecule has 2 rings (SSSR count). The number of carboxylic acid groups (broad SMARTS) is 1. The van der Waals surface area contributed by atoms with E-state index in [1.807, 2.05) is 0 Å². The summed E-state index contributed by atoms with van der Waals surface area (Å²) < 4.78 is 39.1. The van der Waals surface area contributed by atoms with Crippen LogP contribution in [0.1, 0.15) is 24.0 Å². The van der Waals surface area contributed by atoms with Crippen LogP contribution in [0.2, 0.25) is 0 Å². The van der Waals surface area contributed by atoms with E-state index in [0.29, 0.717) is 32.0 Å². The zero-order chi connectivity index (χ0) is 19.6. The number of alkyl halides is 3. The number of nitro groups is 1. The first-order valence-corrected chi connectivity index (χ1v) is 8.04. The number of nitrogens with zero attached hydrogens (tertiary/aromatic N) is 3. The van der Waals surface area contributed by atoms with Crippen molar-refractivity contribution in [2.45, 2.75) is 32.0 Å². The Balaban J connectivity index is 2.23. The lowest BCUT2D eigenvalue weighted by Gasteiger charge is -2.37. The highest BCUT2D eigenvalue weighted by atomic mass is 19.4. The molecule has 1 aromatic rings. The average Bonchev–Trinajstić information content (AvgIpc) is 2.52. The highest BCUT2D eigenvalue weighted by molar-refractivity contribution is 5.69. The van der Waals surface area contributed by atoms with Gasteiger partial charge in [-0.3, -0.25) is 19.8 Å². The summed E-state index contributed by atoms with van der Waals surface area (Å²) in [5.74, 6) is -0.941. The number of halogens is 3. The third-order valence-electron chi connectivity index (χ3n) is 4.64. The predicted octanol–water partition coefficient (Wildman–Crippen LogP) is 2.91. The van der Waals surface area contributed by atoms with Crippen LogP contribution in [0.4, 0.5) is 24.5 Å². The number of nitro benzene ring substituents is 1. The minimum atomic E-state index is -4.65. The van der Waals surface area contributed by atoms with E-state index in [1.54, 1.807) is 16.8 Å². The van der Waals surface area contributed by atoms with E-state index in [2.05, 4.69) is 0 Å². The third-order valence-corrected chi connectivity index (χ3v) is 4.64. The molecule has 1 saturated heterocycles. The van der Waals surface area contributed by atoms with Crippen LogP contribution in [0.3, 0.4) is 0 Å². The van der Waals surface area contributed by atoms with Gasteiger partial charge in [0.2, 0.25) is 0 Å². The number of carbonyl (C=O) groups is 1. The Labute approximate surface area is 148 Å². The number of aryl methyl sites for hydroxylation is 1.